The lowest BCUT2D eigenvalue weighted by Gasteiger charge is -2.29. The van der Waals surface area contributed by atoms with Gasteiger partial charge in [-0.05, 0) is 64.3 Å². The molecule has 0 saturated heterocycles. The quantitative estimate of drug-likeness (QED) is 0.0291. The van der Waals surface area contributed by atoms with E-state index in [0.29, 0.717) is 5.56 Å². The number of carbonyl (C=O) groups excluding carboxylic acids is 6. The van der Waals surface area contributed by atoms with Crippen LogP contribution < -0.4 is 60.6 Å². The van der Waals surface area contributed by atoms with Crippen LogP contribution in [0.2, 0.25) is 0 Å². The van der Waals surface area contributed by atoms with E-state index in [1.807, 2.05) is 0 Å². The van der Waals surface area contributed by atoms with E-state index >= 15 is 0 Å². The molecule has 0 aromatic heterocycles. The van der Waals surface area contributed by atoms with Gasteiger partial charge >= 0.3 is 5.97 Å². The normalized spacial score (nSPS) is 15.5. The van der Waals surface area contributed by atoms with Crippen molar-refractivity contribution in [2.75, 3.05) is 26.2 Å². The summed E-state index contributed by atoms with van der Waals surface area (Å²) in [5, 5.41) is 45.6. The van der Waals surface area contributed by atoms with Crippen LogP contribution in [0.3, 0.4) is 0 Å². The minimum atomic E-state index is -1.83. The second kappa shape index (κ2) is 25.1. The van der Waals surface area contributed by atoms with Crippen molar-refractivity contribution in [1.29, 1.82) is 0 Å². The largest absolute Gasteiger partial charge is 0.480 e. The molecule has 1 rings (SSSR count). The number of nitrogens with two attached hydrogens (primary N) is 5. The maximum absolute atomic E-state index is 14.0. The Labute approximate surface area is 335 Å². The topological polar surface area (TPSA) is 405 Å². The van der Waals surface area contributed by atoms with Gasteiger partial charge in [0.25, 0.3) is 0 Å². The maximum Gasteiger partial charge on any atom is 0.328 e. The summed E-state index contributed by atoms with van der Waals surface area (Å²) >= 11 is 0. The van der Waals surface area contributed by atoms with Crippen molar-refractivity contribution in [3.63, 3.8) is 0 Å². The lowest BCUT2D eigenvalue weighted by molar-refractivity contribution is -0.561. The molecule has 0 aliphatic rings. The highest BCUT2D eigenvalue weighted by Crippen LogP contribution is 2.17. The second-order valence-electron chi connectivity index (χ2n) is 14.3. The van der Waals surface area contributed by atoms with Crippen molar-refractivity contribution < 1.29 is 48.7 Å². The molecule has 0 heterocycles. The van der Waals surface area contributed by atoms with Gasteiger partial charge in [-0.3, -0.25) is 38.9 Å². The van der Waals surface area contributed by atoms with Crippen LogP contribution in [0.4, 0.5) is 0 Å². The summed E-state index contributed by atoms with van der Waals surface area (Å²) in [6, 6.07) is -1.61. The van der Waals surface area contributed by atoms with E-state index in [9.17, 15) is 53.9 Å². The highest BCUT2D eigenvalue weighted by molar-refractivity contribution is 5.97. The van der Waals surface area contributed by atoms with Gasteiger partial charge in [-0.1, -0.05) is 30.3 Å². The number of carboxylic acids is 1. The molecule has 0 aliphatic carbocycles. The zero-order valence-electron chi connectivity index (χ0n) is 33.0. The Morgan fingerprint density at radius 3 is 1.45 bits per heavy atom. The minimum absolute atomic E-state index is 0.0435. The van der Waals surface area contributed by atoms with Gasteiger partial charge in [0, 0.05) is 31.6 Å². The molecule has 326 valence electrons. The lowest BCUT2D eigenvalue weighted by Crippen LogP contribution is -2.61. The molecule has 6 amide bonds. The van der Waals surface area contributed by atoms with Gasteiger partial charge in [-0.2, -0.15) is 0 Å². The van der Waals surface area contributed by atoms with Gasteiger partial charge in [0.1, 0.15) is 30.2 Å². The first kappa shape index (κ1) is 50.7. The number of amides is 6. The number of nitro groups is 1. The van der Waals surface area contributed by atoms with E-state index in [1.165, 1.54) is 13.8 Å². The van der Waals surface area contributed by atoms with Crippen LogP contribution in [0.25, 0.3) is 0 Å². The summed E-state index contributed by atoms with van der Waals surface area (Å²) in [4.78, 5) is 103. The van der Waals surface area contributed by atoms with Gasteiger partial charge in [0.15, 0.2) is 6.04 Å². The summed E-state index contributed by atoms with van der Waals surface area (Å²) in [6.45, 7) is 3.27. The Morgan fingerprint density at radius 1 is 0.655 bits per heavy atom. The fourth-order valence-electron chi connectivity index (χ4n) is 5.47. The highest BCUT2D eigenvalue weighted by Gasteiger charge is 2.40. The van der Waals surface area contributed by atoms with Crippen LogP contribution >= 0.6 is 0 Å². The van der Waals surface area contributed by atoms with Crippen LogP contribution in [0.5, 0.6) is 0 Å². The molecule has 58 heavy (non-hydrogen) atoms. The number of carbonyl (C=O) groups is 7. The number of aliphatic hydroxyl groups is 1. The number of hydrogen-bond acceptors (Lipinski definition) is 15. The van der Waals surface area contributed by atoms with Crippen molar-refractivity contribution in [2.24, 2.45) is 28.7 Å². The Kier molecular flexibility index (Phi) is 22.0. The average molecular weight is 825 g/mol. The highest BCUT2D eigenvalue weighted by atomic mass is 16.6. The lowest BCUT2D eigenvalue weighted by atomic mass is 9.94. The average Bonchev–Trinajstić information content (AvgIpc) is 3.15. The molecule has 0 fully saturated rings. The molecule has 23 heteroatoms. The Morgan fingerprint density at radius 2 is 1.03 bits per heavy atom. The molecule has 1 aromatic carbocycles. The van der Waals surface area contributed by atoms with Crippen molar-refractivity contribution in [2.45, 2.75) is 113 Å². The Balaban J connectivity index is 3.49. The first-order valence-corrected chi connectivity index (χ1v) is 18.7. The van der Waals surface area contributed by atoms with Crippen molar-refractivity contribution >= 4 is 41.4 Å². The fraction of sp³-hybridized carbons (Fsp3) is 0.629. The minimum Gasteiger partial charge on any atom is -0.480 e. The van der Waals surface area contributed by atoms with E-state index < -0.39 is 107 Å². The zero-order chi connectivity index (χ0) is 44.2. The van der Waals surface area contributed by atoms with E-state index in [2.05, 4.69) is 31.9 Å². The number of rotatable bonds is 27. The summed E-state index contributed by atoms with van der Waals surface area (Å²) in [5.74, 6) is -7.04. The first-order valence-electron chi connectivity index (χ1n) is 18.7. The molecule has 0 unspecified atom stereocenters. The molecule has 0 saturated carbocycles. The number of nitrogens with one attached hydrogen (secondary N) is 6. The number of aliphatic hydroxyl groups excluding tert-OH is 1. The first-order chi connectivity index (χ1) is 27.2. The Hall–Kier alpha value is -5.33. The van der Waals surface area contributed by atoms with Crippen LogP contribution in [0, 0.1) is 10.1 Å². The molecule has 18 N–H and O–H groups in total. The summed E-state index contributed by atoms with van der Waals surface area (Å²) in [6.07, 6.45) is -2.59. The number of hydrogen-bond donors (Lipinski definition) is 13. The van der Waals surface area contributed by atoms with Gasteiger partial charge in [-0.15, -0.1) is 0 Å². The number of benzene rings is 1. The number of carboxylic acid groups (broad SMARTS) is 1. The predicted molar refractivity (Wildman–Crippen MR) is 209 cm³/mol. The van der Waals surface area contributed by atoms with Gasteiger partial charge in [0.2, 0.25) is 41.0 Å². The van der Waals surface area contributed by atoms with Crippen molar-refractivity contribution in [3.8, 4) is 0 Å². The van der Waals surface area contributed by atoms with Crippen LogP contribution in [0.1, 0.15) is 58.4 Å². The molecule has 8 atom stereocenters. The molecule has 0 radical (unpaired) electrons. The predicted octanol–water partition coefficient (Wildman–Crippen LogP) is -5.23. The number of aliphatic carboxylic acids is 1. The number of nitrogens with zero attached hydrogens (tertiary/aromatic N) is 1. The molecular weight excluding hydrogens is 764 g/mol. The SMILES string of the molecule is C[C@@H](O)[C@H](NC(=O)[C@H](CCN)NC(=O)[C@H](CCN)NC(=O)[C@H](CC(C)(C)[N+](=O)[O-])NC(=O)[C@@H](Cc1ccccc1)NC(=O)[C@H](CCN)NC(=O)[C@@H](N)CCN)C(=O)O. The van der Waals surface area contributed by atoms with E-state index in [-0.39, 0.29) is 58.3 Å². The van der Waals surface area contributed by atoms with Gasteiger partial charge in [-0.25, -0.2) is 4.79 Å². The zero-order valence-corrected chi connectivity index (χ0v) is 33.0. The van der Waals surface area contributed by atoms with Crippen LogP contribution in [-0.2, 0) is 40.0 Å². The summed E-state index contributed by atoms with van der Waals surface area (Å²) in [7, 11) is 0. The summed E-state index contributed by atoms with van der Waals surface area (Å²) in [5.41, 5.74) is 27.1. The van der Waals surface area contributed by atoms with E-state index in [1.54, 1.807) is 30.3 Å². The standard InChI is InChI=1S/C35H60N12O11/c1-19(48)27(34(55)56)46-31(52)24(12-16-39)42-29(50)23(11-15-38)43-33(54)26(18-35(2,3)47(57)58)45-32(53)25(17-20-7-5-4-6-8-20)44-30(51)22(10-14-37)41-28(49)21(40)9-13-36/h4-8,19,21-27,48H,9-18,36-40H2,1-3H3,(H,41,49)(H,42,50)(H,43,54)(H,44,51)(H,45,53)(H,46,52)(H,55,56)/t19-,21+,22+,23+,24+,25-,26+,27+/m1/s1. The van der Waals surface area contributed by atoms with Crippen LogP contribution in [-0.4, -0.2) is 137 Å². The van der Waals surface area contributed by atoms with Crippen molar-refractivity contribution in [1.82, 2.24) is 31.9 Å². The molecular formula is C35H60N12O11. The molecule has 23 nitrogen and oxygen atoms in total. The fourth-order valence-corrected chi connectivity index (χ4v) is 5.47. The van der Waals surface area contributed by atoms with Gasteiger partial charge < -0.3 is 70.8 Å². The van der Waals surface area contributed by atoms with Crippen LogP contribution in [0.15, 0.2) is 30.3 Å². The maximum atomic E-state index is 14.0. The summed E-state index contributed by atoms with van der Waals surface area (Å²) < 4.78 is 0. The molecule has 1 aromatic rings. The van der Waals surface area contributed by atoms with Gasteiger partial charge in [0.05, 0.1) is 12.1 Å². The molecule has 0 aliphatic heterocycles. The Bertz CT molecular complexity index is 1550. The smallest absolute Gasteiger partial charge is 0.328 e. The second-order valence-corrected chi connectivity index (χ2v) is 14.3. The third-order valence-electron chi connectivity index (χ3n) is 8.87. The monoisotopic (exact) mass is 824 g/mol. The molecule has 0 spiro atoms. The molecule has 0 bridgehead atoms. The third-order valence-corrected chi connectivity index (χ3v) is 8.87. The third kappa shape index (κ3) is 17.0. The van der Waals surface area contributed by atoms with E-state index in [4.69, 9.17) is 28.7 Å². The van der Waals surface area contributed by atoms with Crippen molar-refractivity contribution in [3.05, 3.63) is 46.0 Å². The van der Waals surface area contributed by atoms with E-state index in [0.717, 1.165) is 6.92 Å².